The van der Waals surface area contributed by atoms with E-state index in [2.05, 4.69) is 110 Å². The SMILES string of the molecule is C[Si@]1(c2ccccc2)C=C(c2ccccc2)[Si@](C)(c2ccccc2)CCC1. The van der Waals surface area contributed by atoms with Crippen LogP contribution in [-0.2, 0) is 0 Å². The zero-order chi connectivity index (χ0) is 18.7. The average molecular weight is 385 g/mol. The van der Waals surface area contributed by atoms with Crippen molar-refractivity contribution in [1.82, 2.24) is 0 Å². The lowest BCUT2D eigenvalue weighted by molar-refractivity contribution is 1.04. The molecule has 0 saturated heterocycles. The molecule has 0 aliphatic carbocycles. The molecule has 0 N–H and O–H groups in total. The largest absolute Gasteiger partial charge is 0.115 e. The molecule has 1 aliphatic heterocycles. The molecular formula is C25H28Si2. The Morgan fingerprint density at radius 3 is 1.70 bits per heavy atom. The van der Waals surface area contributed by atoms with E-state index in [1.807, 2.05) is 0 Å². The van der Waals surface area contributed by atoms with Gasteiger partial charge < -0.3 is 0 Å². The van der Waals surface area contributed by atoms with Gasteiger partial charge in [-0.25, -0.2) is 0 Å². The van der Waals surface area contributed by atoms with Crippen LogP contribution in [0, 0.1) is 0 Å². The van der Waals surface area contributed by atoms with Crippen molar-refractivity contribution in [2.75, 3.05) is 0 Å². The second-order valence-electron chi connectivity index (χ2n) is 8.26. The topological polar surface area (TPSA) is 0 Å². The molecular weight excluding hydrogens is 356 g/mol. The Kier molecular flexibility index (Phi) is 5.03. The summed E-state index contributed by atoms with van der Waals surface area (Å²) >= 11 is 0. The van der Waals surface area contributed by atoms with E-state index >= 15 is 0 Å². The van der Waals surface area contributed by atoms with Gasteiger partial charge in [-0.1, -0.05) is 138 Å². The van der Waals surface area contributed by atoms with Crippen molar-refractivity contribution in [2.45, 2.75) is 31.6 Å². The molecule has 0 amide bonds. The maximum absolute atomic E-state index is 2.77. The Hall–Kier alpha value is -2.17. The summed E-state index contributed by atoms with van der Waals surface area (Å²) in [6, 6.07) is 36.5. The molecule has 0 spiro atoms. The van der Waals surface area contributed by atoms with Crippen LogP contribution >= 0.6 is 0 Å². The van der Waals surface area contributed by atoms with Crippen LogP contribution in [0.1, 0.15) is 12.0 Å². The van der Waals surface area contributed by atoms with E-state index in [1.54, 1.807) is 15.6 Å². The van der Waals surface area contributed by atoms with E-state index in [4.69, 9.17) is 0 Å². The lowest BCUT2D eigenvalue weighted by Gasteiger charge is -2.31. The fourth-order valence-electron chi connectivity index (χ4n) is 4.67. The molecule has 0 saturated carbocycles. The normalized spacial score (nSPS) is 25.5. The van der Waals surface area contributed by atoms with E-state index in [9.17, 15) is 0 Å². The maximum Gasteiger partial charge on any atom is 0.115 e. The predicted molar refractivity (Wildman–Crippen MR) is 124 cm³/mol. The molecule has 136 valence electrons. The highest BCUT2D eigenvalue weighted by Crippen LogP contribution is 2.37. The molecule has 1 aliphatic rings. The third kappa shape index (κ3) is 3.52. The molecule has 0 fully saturated rings. The van der Waals surface area contributed by atoms with Crippen molar-refractivity contribution in [3.63, 3.8) is 0 Å². The molecule has 0 aromatic heterocycles. The van der Waals surface area contributed by atoms with Crippen molar-refractivity contribution in [3.8, 4) is 0 Å². The third-order valence-corrected chi connectivity index (χ3v) is 15.2. The van der Waals surface area contributed by atoms with Crippen molar-refractivity contribution < 1.29 is 0 Å². The quantitative estimate of drug-likeness (QED) is 0.521. The number of rotatable bonds is 3. The maximum atomic E-state index is 2.77. The molecule has 2 atom stereocenters. The van der Waals surface area contributed by atoms with E-state index in [0.29, 0.717) is 0 Å². The van der Waals surface area contributed by atoms with Crippen LogP contribution in [0.2, 0.25) is 25.2 Å². The molecule has 1 heterocycles. The standard InChI is InChI=1S/C25H28Si2/c1-26(23-15-8-4-9-16-23)19-12-20-27(2,24-17-10-5-11-18-24)25(21-26)22-13-6-3-7-14-22/h3-11,13-18,21H,12,19-20H2,1-2H3/t26-,27+/m1/s1. The molecule has 3 aromatic rings. The second kappa shape index (κ2) is 7.45. The van der Waals surface area contributed by atoms with Gasteiger partial charge in [0.05, 0.1) is 0 Å². The minimum atomic E-state index is -1.76. The first-order valence-electron chi connectivity index (χ1n) is 10.0. The molecule has 0 nitrogen and oxygen atoms in total. The minimum absolute atomic E-state index is 1.34. The minimum Gasteiger partial charge on any atom is -0.0898 e. The van der Waals surface area contributed by atoms with E-state index in [1.165, 1.54) is 24.1 Å². The Balaban J connectivity index is 1.93. The van der Waals surface area contributed by atoms with Crippen molar-refractivity contribution >= 4 is 31.7 Å². The van der Waals surface area contributed by atoms with Crippen LogP contribution < -0.4 is 10.4 Å². The third-order valence-electron chi connectivity index (χ3n) is 6.36. The average Bonchev–Trinajstić information content (AvgIpc) is 2.88. The van der Waals surface area contributed by atoms with Crippen molar-refractivity contribution in [3.05, 3.63) is 102 Å². The van der Waals surface area contributed by atoms with Gasteiger partial charge in [0, 0.05) is 0 Å². The van der Waals surface area contributed by atoms with Crippen LogP contribution in [0.3, 0.4) is 0 Å². The lowest BCUT2D eigenvalue weighted by atomic mass is 10.2. The molecule has 0 unspecified atom stereocenters. The second-order valence-corrected chi connectivity index (χ2v) is 16.7. The fraction of sp³-hybridized carbons (Fsp3) is 0.200. The first kappa shape index (κ1) is 18.2. The van der Waals surface area contributed by atoms with Gasteiger partial charge in [-0.3, -0.25) is 0 Å². The van der Waals surface area contributed by atoms with Crippen LogP contribution in [0.15, 0.2) is 96.7 Å². The van der Waals surface area contributed by atoms with Crippen molar-refractivity contribution in [2.24, 2.45) is 0 Å². The first-order chi connectivity index (χ1) is 13.1. The zero-order valence-electron chi connectivity index (χ0n) is 16.4. The monoisotopic (exact) mass is 384 g/mol. The Bertz CT molecular complexity index is 918. The van der Waals surface area contributed by atoms with Crippen LogP contribution in [0.4, 0.5) is 0 Å². The Labute approximate surface area is 165 Å². The van der Waals surface area contributed by atoms with E-state index in [0.717, 1.165) is 0 Å². The Morgan fingerprint density at radius 1 is 0.593 bits per heavy atom. The van der Waals surface area contributed by atoms with E-state index < -0.39 is 16.1 Å². The lowest BCUT2D eigenvalue weighted by Crippen LogP contribution is -2.46. The summed E-state index contributed by atoms with van der Waals surface area (Å²) < 4.78 is 0. The number of benzene rings is 3. The molecule has 4 rings (SSSR count). The van der Waals surface area contributed by atoms with Gasteiger partial charge in [0.15, 0.2) is 0 Å². The molecule has 3 aromatic carbocycles. The number of hydrogen-bond donors (Lipinski definition) is 0. The van der Waals surface area contributed by atoms with Gasteiger partial charge in [-0.05, 0) is 11.6 Å². The van der Waals surface area contributed by atoms with Gasteiger partial charge in [0.25, 0.3) is 0 Å². The molecule has 0 bridgehead atoms. The summed E-state index contributed by atoms with van der Waals surface area (Å²) in [7, 11) is -3.42. The summed E-state index contributed by atoms with van der Waals surface area (Å²) in [5.74, 6) is 0. The predicted octanol–water partition coefficient (Wildman–Crippen LogP) is 5.52. The highest BCUT2D eigenvalue weighted by atomic mass is 28.3. The number of hydrogen-bond acceptors (Lipinski definition) is 0. The summed E-state index contributed by atoms with van der Waals surface area (Å²) in [6.45, 7) is 5.16. The smallest absolute Gasteiger partial charge is 0.0898 e. The summed E-state index contributed by atoms with van der Waals surface area (Å²) in [5.41, 5.74) is 4.20. The summed E-state index contributed by atoms with van der Waals surface area (Å²) in [5, 5.41) is 4.81. The van der Waals surface area contributed by atoms with Gasteiger partial charge in [0.2, 0.25) is 0 Å². The van der Waals surface area contributed by atoms with Gasteiger partial charge >= 0.3 is 0 Å². The van der Waals surface area contributed by atoms with Gasteiger partial charge in [-0.2, -0.15) is 0 Å². The highest BCUT2D eigenvalue weighted by molar-refractivity contribution is 7.09. The summed E-state index contributed by atoms with van der Waals surface area (Å²) in [4.78, 5) is 0. The van der Waals surface area contributed by atoms with Crippen LogP contribution in [0.5, 0.6) is 0 Å². The highest BCUT2D eigenvalue weighted by Gasteiger charge is 2.40. The van der Waals surface area contributed by atoms with E-state index in [-0.39, 0.29) is 0 Å². The van der Waals surface area contributed by atoms with Crippen LogP contribution in [-0.4, -0.2) is 16.1 Å². The molecule has 0 radical (unpaired) electrons. The molecule has 2 heteroatoms. The fourth-order valence-corrected chi connectivity index (χ4v) is 14.0. The van der Waals surface area contributed by atoms with Crippen molar-refractivity contribution in [1.29, 1.82) is 0 Å². The van der Waals surface area contributed by atoms with Gasteiger partial charge in [-0.15, -0.1) is 0 Å². The van der Waals surface area contributed by atoms with Crippen LogP contribution in [0.25, 0.3) is 5.20 Å². The zero-order valence-corrected chi connectivity index (χ0v) is 18.4. The summed E-state index contributed by atoms with van der Waals surface area (Å²) in [6.07, 6.45) is 1.34. The van der Waals surface area contributed by atoms with Gasteiger partial charge in [0.1, 0.15) is 16.1 Å². The first-order valence-corrected chi connectivity index (χ1v) is 15.5. The Morgan fingerprint density at radius 2 is 1.11 bits per heavy atom. The molecule has 27 heavy (non-hydrogen) atoms.